The lowest BCUT2D eigenvalue weighted by Gasteiger charge is -2.39. The summed E-state index contributed by atoms with van der Waals surface area (Å²) >= 11 is 0. The average Bonchev–Trinajstić information content (AvgIpc) is 3.18. The number of halogens is 2. The summed E-state index contributed by atoms with van der Waals surface area (Å²) in [5.41, 5.74) is 0.861. The molecule has 7 nitrogen and oxygen atoms in total. The van der Waals surface area contributed by atoms with Crippen molar-refractivity contribution in [1.29, 1.82) is 5.26 Å². The molecule has 2 aliphatic heterocycles. The minimum absolute atomic E-state index is 0.0489. The van der Waals surface area contributed by atoms with E-state index in [1.54, 1.807) is 19.9 Å². The van der Waals surface area contributed by atoms with Crippen molar-refractivity contribution < 1.29 is 27.8 Å². The Hall–Kier alpha value is -3.51. The van der Waals surface area contributed by atoms with E-state index in [2.05, 4.69) is 11.1 Å². The van der Waals surface area contributed by atoms with Crippen molar-refractivity contribution in [1.82, 2.24) is 9.88 Å². The monoisotopic (exact) mass is 455 g/mol. The van der Waals surface area contributed by atoms with Gasteiger partial charge in [0.2, 0.25) is 0 Å². The van der Waals surface area contributed by atoms with Crippen molar-refractivity contribution in [2.75, 3.05) is 19.8 Å². The number of aromatic amines is 1. The van der Waals surface area contributed by atoms with Gasteiger partial charge in [0.25, 0.3) is 5.91 Å². The zero-order valence-electron chi connectivity index (χ0n) is 18.3. The van der Waals surface area contributed by atoms with Gasteiger partial charge in [0.05, 0.1) is 17.4 Å². The molecule has 33 heavy (non-hydrogen) atoms. The van der Waals surface area contributed by atoms with E-state index in [4.69, 9.17) is 9.47 Å². The molecule has 1 spiro atoms. The molecule has 3 heterocycles. The fraction of sp³-hybridized carbons (Fsp3) is 0.375. The molecule has 0 atom stereocenters. The number of ether oxygens (including phenoxy) is 2. The standard InChI is InChI=1S/C24H23F2N3O4/c1-14(2)33-23(31)17-12-29(22(30)15-3-4-19(25)20(26)9-15)13-24(5-7-32-8-6-24)18-10-16(11-27)28-21(17)18/h3-4,9-10,12,14,28H,5-8,13H2,1-2H3. The summed E-state index contributed by atoms with van der Waals surface area (Å²) in [4.78, 5) is 30.7. The summed E-state index contributed by atoms with van der Waals surface area (Å²) in [6, 6.07) is 6.71. The Morgan fingerprint density at radius 3 is 2.58 bits per heavy atom. The zero-order valence-corrected chi connectivity index (χ0v) is 18.3. The van der Waals surface area contributed by atoms with Crippen LogP contribution in [0.4, 0.5) is 8.78 Å². The van der Waals surface area contributed by atoms with Crippen LogP contribution >= 0.6 is 0 Å². The lowest BCUT2D eigenvalue weighted by molar-refractivity contribution is -0.140. The zero-order chi connectivity index (χ0) is 23.8. The van der Waals surface area contributed by atoms with Gasteiger partial charge >= 0.3 is 5.97 Å². The predicted molar refractivity (Wildman–Crippen MR) is 114 cm³/mol. The number of aromatic nitrogens is 1. The number of hydrogen-bond donors (Lipinski definition) is 1. The van der Waals surface area contributed by atoms with E-state index in [9.17, 15) is 23.6 Å². The van der Waals surface area contributed by atoms with Crippen molar-refractivity contribution in [3.63, 3.8) is 0 Å². The number of carbonyl (C=O) groups excluding carboxylic acids is 2. The summed E-state index contributed by atoms with van der Waals surface area (Å²) < 4.78 is 38.2. The highest BCUT2D eigenvalue weighted by atomic mass is 19.2. The van der Waals surface area contributed by atoms with E-state index < -0.39 is 35.0 Å². The van der Waals surface area contributed by atoms with Crippen molar-refractivity contribution in [3.05, 3.63) is 64.6 Å². The Bertz CT molecular complexity index is 1170. The lowest BCUT2D eigenvalue weighted by atomic mass is 9.73. The highest BCUT2D eigenvalue weighted by molar-refractivity contribution is 6.17. The van der Waals surface area contributed by atoms with Gasteiger partial charge < -0.3 is 19.4 Å². The van der Waals surface area contributed by atoms with Gasteiger partial charge in [-0.2, -0.15) is 5.26 Å². The van der Waals surface area contributed by atoms with Crippen LogP contribution in [-0.4, -0.2) is 47.6 Å². The smallest absolute Gasteiger partial charge is 0.342 e. The number of nitriles is 1. The molecule has 2 aromatic rings. The van der Waals surface area contributed by atoms with Crippen molar-refractivity contribution in [2.24, 2.45) is 0 Å². The fourth-order valence-corrected chi connectivity index (χ4v) is 4.37. The molecule has 172 valence electrons. The minimum atomic E-state index is -1.14. The third-order valence-corrected chi connectivity index (χ3v) is 5.98. The Labute approximate surface area is 189 Å². The quantitative estimate of drug-likeness (QED) is 0.713. The molecule has 0 unspecified atom stereocenters. The normalized spacial score (nSPS) is 17.2. The first-order valence-corrected chi connectivity index (χ1v) is 10.6. The van der Waals surface area contributed by atoms with Crippen LogP contribution in [0.1, 0.15) is 54.0 Å². The first-order chi connectivity index (χ1) is 15.7. The van der Waals surface area contributed by atoms with Gasteiger partial charge in [-0.05, 0) is 56.5 Å². The van der Waals surface area contributed by atoms with Gasteiger partial charge in [0, 0.05) is 36.9 Å². The van der Waals surface area contributed by atoms with E-state index in [1.165, 1.54) is 17.2 Å². The van der Waals surface area contributed by atoms with Crippen LogP contribution in [0.5, 0.6) is 0 Å². The maximum atomic E-state index is 13.8. The number of nitrogens with zero attached hydrogens (tertiary/aromatic N) is 2. The molecule has 1 fully saturated rings. The molecular weight excluding hydrogens is 432 g/mol. The third kappa shape index (κ3) is 4.26. The molecule has 1 saturated heterocycles. The number of rotatable bonds is 3. The number of fused-ring (bicyclic) bond motifs is 2. The molecule has 4 rings (SSSR count). The summed E-state index contributed by atoms with van der Waals surface area (Å²) in [5.74, 6) is -3.44. The maximum Gasteiger partial charge on any atom is 0.342 e. The Kier molecular flexibility index (Phi) is 6.04. The lowest BCUT2D eigenvalue weighted by Crippen LogP contribution is -2.44. The molecular formula is C24H23F2N3O4. The first kappa shape index (κ1) is 22.7. The van der Waals surface area contributed by atoms with E-state index in [-0.39, 0.29) is 23.4 Å². The van der Waals surface area contributed by atoms with Crippen molar-refractivity contribution in [2.45, 2.75) is 38.2 Å². The summed E-state index contributed by atoms with van der Waals surface area (Å²) in [6.07, 6.45) is 2.05. The Balaban J connectivity index is 1.87. The highest BCUT2D eigenvalue weighted by Crippen LogP contribution is 2.43. The fourth-order valence-electron chi connectivity index (χ4n) is 4.37. The number of carbonyl (C=O) groups is 2. The maximum absolute atomic E-state index is 13.8. The predicted octanol–water partition coefficient (Wildman–Crippen LogP) is 3.66. The van der Waals surface area contributed by atoms with Crippen LogP contribution in [0.15, 0.2) is 30.5 Å². The number of esters is 1. The number of hydrogen-bond acceptors (Lipinski definition) is 5. The number of nitrogens with one attached hydrogen (secondary N) is 1. The largest absolute Gasteiger partial charge is 0.459 e. The van der Waals surface area contributed by atoms with Crippen LogP contribution in [0.3, 0.4) is 0 Å². The number of H-pyrrole nitrogens is 1. The van der Waals surface area contributed by atoms with Gasteiger partial charge in [-0.1, -0.05) is 0 Å². The molecule has 0 radical (unpaired) electrons. The number of benzene rings is 1. The van der Waals surface area contributed by atoms with E-state index in [1.807, 2.05) is 0 Å². The molecule has 0 saturated carbocycles. The van der Waals surface area contributed by atoms with Gasteiger partial charge in [0.1, 0.15) is 11.8 Å². The molecule has 2 aliphatic rings. The molecule has 1 amide bonds. The molecule has 0 bridgehead atoms. The molecule has 1 aromatic heterocycles. The van der Waals surface area contributed by atoms with Crippen LogP contribution < -0.4 is 0 Å². The SMILES string of the molecule is CC(C)OC(=O)C1=CN(C(=O)c2ccc(F)c(F)c2)CC2(CCOCC2)c2cc(C#N)[nH]c21. The first-order valence-electron chi connectivity index (χ1n) is 10.6. The minimum Gasteiger partial charge on any atom is -0.459 e. The Morgan fingerprint density at radius 1 is 1.21 bits per heavy atom. The van der Waals surface area contributed by atoms with Crippen LogP contribution in [-0.2, 0) is 19.7 Å². The molecule has 1 N–H and O–H groups in total. The van der Waals surface area contributed by atoms with Gasteiger partial charge in [-0.3, -0.25) is 4.79 Å². The number of amides is 1. The summed E-state index contributed by atoms with van der Waals surface area (Å²) in [7, 11) is 0. The highest BCUT2D eigenvalue weighted by Gasteiger charge is 2.43. The van der Waals surface area contributed by atoms with Crippen LogP contribution in [0, 0.1) is 23.0 Å². The molecule has 9 heteroatoms. The van der Waals surface area contributed by atoms with Gasteiger partial charge in [-0.25, -0.2) is 13.6 Å². The Morgan fingerprint density at radius 2 is 1.94 bits per heavy atom. The second-order valence-corrected chi connectivity index (χ2v) is 8.53. The second-order valence-electron chi connectivity index (χ2n) is 8.53. The topological polar surface area (TPSA) is 95.4 Å². The summed E-state index contributed by atoms with van der Waals surface area (Å²) in [6.45, 7) is 4.45. The van der Waals surface area contributed by atoms with Crippen LogP contribution in [0.2, 0.25) is 0 Å². The van der Waals surface area contributed by atoms with Crippen molar-refractivity contribution in [3.8, 4) is 6.07 Å². The average molecular weight is 455 g/mol. The third-order valence-electron chi connectivity index (χ3n) is 5.98. The molecule has 1 aromatic carbocycles. The van der Waals surface area contributed by atoms with E-state index >= 15 is 0 Å². The van der Waals surface area contributed by atoms with E-state index in [0.29, 0.717) is 31.7 Å². The van der Waals surface area contributed by atoms with Gasteiger partial charge in [0.15, 0.2) is 11.6 Å². The van der Waals surface area contributed by atoms with Gasteiger partial charge in [-0.15, -0.1) is 0 Å². The van der Waals surface area contributed by atoms with Crippen LogP contribution in [0.25, 0.3) is 5.57 Å². The molecule has 0 aliphatic carbocycles. The van der Waals surface area contributed by atoms with Crippen molar-refractivity contribution >= 4 is 17.4 Å². The second kappa shape index (κ2) is 8.79. The van der Waals surface area contributed by atoms with E-state index in [0.717, 1.165) is 17.7 Å². The summed E-state index contributed by atoms with van der Waals surface area (Å²) in [5, 5.41) is 9.48.